The van der Waals surface area contributed by atoms with Crippen LogP contribution >= 0.6 is 0 Å². The molecule has 2 saturated carbocycles. The van der Waals surface area contributed by atoms with Crippen LogP contribution in [0.5, 0.6) is 0 Å². The van der Waals surface area contributed by atoms with Crippen LogP contribution in [0.15, 0.2) is 47.5 Å². The molecule has 0 bridgehead atoms. The van der Waals surface area contributed by atoms with Gasteiger partial charge in [-0.1, -0.05) is 37.5 Å². The molecule has 1 aliphatic heterocycles. The molecule has 3 fully saturated rings. The standard InChI is InChI=1S/C27H34N4O3/c32-25-23(26(33)28-21-11-12-21)18-29(17-20-7-3-1-4-8-20)19-24(25)27(34)31-15-13-30(14-16-31)22-9-5-2-6-10-22/h2,5-6,9-10,18-21H,1,3-4,7-8,11-17H2,(H,28,33). The minimum atomic E-state index is -0.450. The van der Waals surface area contributed by atoms with E-state index >= 15 is 0 Å². The number of benzene rings is 1. The monoisotopic (exact) mass is 462 g/mol. The zero-order chi connectivity index (χ0) is 23.5. The summed E-state index contributed by atoms with van der Waals surface area (Å²) in [7, 11) is 0. The maximum atomic E-state index is 13.5. The Morgan fingerprint density at radius 3 is 2.21 bits per heavy atom. The molecule has 3 aliphatic rings. The van der Waals surface area contributed by atoms with Crippen molar-refractivity contribution in [3.8, 4) is 0 Å². The number of carbonyl (C=O) groups is 2. The molecule has 2 aliphatic carbocycles. The lowest BCUT2D eigenvalue weighted by atomic mass is 9.89. The molecule has 34 heavy (non-hydrogen) atoms. The first-order chi connectivity index (χ1) is 16.6. The maximum absolute atomic E-state index is 13.5. The number of pyridine rings is 1. The van der Waals surface area contributed by atoms with Crippen molar-refractivity contribution in [2.24, 2.45) is 5.92 Å². The van der Waals surface area contributed by atoms with E-state index in [1.54, 1.807) is 17.3 Å². The molecule has 1 aromatic heterocycles. The third kappa shape index (κ3) is 5.18. The fraction of sp³-hybridized carbons (Fsp3) is 0.519. The topological polar surface area (TPSA) is 74.7 Å². The molecular weight excluding hydrogens is 428 g/mol. The summed E-state index contributed by atoms with van der Waals surface area (Å²) in [6.45, 7) is 3.27. The number of piperazine rings is 1. The molecule has 0 unspecified atom stereocenters. The highest BCUT2D eigenvalue weighted by Gasteiger charge is 2.29. The van der Waals surface area contributed by atoms with Gasteiger partial charge in [-0.3, -0.25) is 14.4 Å². The largest absolute Gasteiger partial charge is 0.368 e. The van der Waals surface area contributed by atoms with Crippen molar-refractivity contribution >= 4 is 17.5 Å². The number of aromatic nitrogens is 1. The highest BCUT2D eigenvalue weighted by molar-refractivity contribution is 5.99. The smallest absolute Gasteiger partial charge is 0.259 e. The third-order valence-electron chi connectivity index (χ3n) is 7.35. The molecule has 2 heterocycles. The highest BCUT2D eigenvalue weighted by atomic mass is 16.2. The first-order valence-electron chi connectivity index (χ1n) is 12.7. The number of nitrogens with one attached hydrogen (secondary N) is 1. The Hall–Kier alpha value is -3.09. The number of anilines is 1. The van der Waals surface area contributed by atoms with Crippen LogP contribution in [0.4, 0.5) is 5.69 Å². The summed E-state index contributed by atoms with van der Waals surface area (Å²) in [5.41, 5.74) is 0.903. The summed E-state index contributed by atoms with van der Waals surface area (Å²) in [5, 5.41) is 2.93. The Bertz CT molecular complexity index is 1080. The van der Waals surface area contributed by atoms with Crippen LogP contribution in [0.1, 0.15) is 65.7 Å². The van der Waals surface area contributed by atoms with Crippen molar-refractivity contribution in [2.75, 3.05) is 31.1 Å². The van der Waals surface area contributed by atoms with Crippen molar-refractivity contribution in [1.29, 1.82) is 0 Å². The zero-order valence-corrected chi connectivity index (χ0v) is 19.7. The van der Waals surface area contributed by atoms with Crippen molar-refractivity contribution in [1.82, 2.24) is 14.8 Å². The number of nitrogens with zero attached hydrogens (tertiary/aromatic N) is 3. The number of para-hydroxylation sites is 1. The normalized spacial score (nSPS) is 19.2. The average Bonchev–Trinajstić information content (AvgIpc) is 3.70. The summed E-state index contributed by atoms with van der Waals surface area (Å²) in [6.07, 6.45) is 11.3. The molecule has 2 amide bonds. The number of rotatable bonds is 6. The van der Waals surface area contributed by atoms with E-state index in [4.69, 9.17) is 0 Å². The second-order valence-corrected chi connectivity index (χ2v) is 9.98. The highest BCUT2D eigenvalue weighted by Crippen LogP contribution is 2.25. The molecule has 7 heteroatoms. The van der Waals surface area contributed by atoms with Gasteiger partial charge in [-0.15, -0.1) is 0 Å². The van der Waals surface area contributed by atoms with E-state index in [0.717, 1.165) is 37.9 Å². The van der Waals surface area contributed by atoms with Crippen LogP contribution in [-0.2, 0) is 6.54 Å². The minimum Gasteiger partial charge on any atom is -0.368 e. The SMILES string of the molecule is O=C(NC1CC1)c1cn(CC2CCCCC2)cc(C(=O)N2CCN(c3ccccc3)CC2)c1=O. The molecule has 5 rings (SSSR count). The molecule has 0 radical (unpaired) electrons. The summed E-state index contributed by atoms with van der Waals surface area (Å²) >= 11 is 0. The maximum Gasteiger partial charge on any atom is 0.259 e. The van der Waals surface area contributed by atoms with Gasteiger partial charge in [0.1, 0.15) is 11.1 Å². The fourth-order valence-corrected chi connectivity index (χ4v) is 5.19. The van der Waals surface area contributed by atoms with E-state index in [2.05, 4.69) is 22.3 Å². The van der Waals surface area contributed by atoms with Crippen molar-refractivity contribution in [2.45, 2.75) is 57.5 Å². The van der Waals surface area contributed by atoms with Gasteiger partial charge in [0.05, 0.1) is 0 Å². The van der Waals surface area contributed by atoms with E-state index in [1.165, 1.54) is 19.3 Å². The Kier molecular flexibility index (Phi) is 6.70. The zero-order valence-electron chi connectivity index (χ0n) is 19.7. The van der Waals surface area contributed by atoms with Crippen LogP contribution < -0.4 is 15.6 Å². The number of amides is 2. The number of hydrogen-bond acceptors (Lipinski definition) is 4. The first-order valence-corrected chi connectivity index (χ1v) is 12.7. The van der Waals surface area contributed by atoms with Crippen LogP contribution in [-0.4, -0.2) is 53.5 Å². The van der Waals surface area contributed by atoms with Crippen LogP contribution in [0.3, 0.4) is 0 Å². The number of hydrogen-bond donors (Lipinski definition) is 1. The van der Waals surface area contributed by atoms with E-state index in [0.29, 0.717) is 32.1 Å². The molecule has 1 saturated heterocycles. The predicted molar refractivity (Wildman–Crippen MR) is 132 cm³/mol. The fourth-order valence-electron chi connectivity index (χ4n) is 5.19. The molecule has 2 aromatic rings. The van der Waals surface area contributed by atoms with E-state index < -0.39 is 5.43 Å². The lowest BCUT2D eigenvalue weighted by molar-refractivity contribution is 0.0744. The molecule has 180 valence electrons. The molecule has 0 atom stereocenters. The van der Waals surface area contributed by atoms with Crippen LogP contribution in [0.25, 0.3) is 0 Å². The summed E-state index contributed by atoms with van der Waals surface area (Å²) in [5.74, 6) is -0.0995. The summed E-state index contributed by atoms with van der Waals surface area (Å²) in [4.78, 5) is 43.6. The second kappa shape index (κ2) is 10.0. The Morgan fingerprint density at radius 1 is 0.853 bits per heavy atom. The predicted octanol–water partition coefficient (Wildman–Crippen LogP) is 3.28. The summed E-state index contributed by atoms with van der Waals surface area (Å²) in [6, 6.07) is 10.3. The van der Waals surface area contributed by atoms with Crippen molar-refractivity contribution < 1.29 is 9.59 Å². The molecular formula is C27H34N4O3. The Balaban J connectivity index is 1.36. The first kappa shape index (κ1) is 22.7. The molecule has 7 nitrogen and oxygen atoms in total. The van der Waals surface area contributed by atoms with E-state index in [9.17, 15) is 14.4 Å². The lowest BCUT2D eigenvalue weighted by Crippen LogP contribution is -2.50. The van der Waals surface area contributed by atoms with E-state index in [-0.39, 0.29) is 29.0 Å². The molecule has 1 N–H and O–H groups in total. The van der Waals surface area contributed by atoms with Gasteiger partial charge >= 0.3 is 0 Å². The van der Waals surface area contributed by atoms with Gasteiger partial charge in [0, 0.05) is 56.8 Å². The van der Waals surface area contributed by atoms with Gasteiger partial charge in [0.25, 0.3) is 11.8 Å². The summed E-state index contributed by atoms with van der Waals surface area (Å²) < 4.78 is 1.92. The van der Waals surface area contributed by atoms with Crippen LogP contribution in [0, 0.1) is 5.92 Å². The Labute approximate surface area is 200 Å². The minimum absolute atomic E-state index is 0.0940. The van der Waals surface area contributed by atoms with Gasteiger partial charge in [0.15, 0.2) is 0 Å². The van der Waals surface area contributed by atoms with Gasteiger partial charge in [-0.05, 0) is 43.7 Å². The van der Waals surface area contributed by atoms with Gasteiger partial charge in [-0.25, -0.2) is 0 Å². The van der Waals surface area contributed by atoms with Crippen molar-refractivity contribution in [3.05, 3.63) is 64.1 Å². The van der Waals surface area contributed by atoms with Gasteiger partial charge < -0.3 is 19.7 Å². The van der Waals surface area contributed by atoms with Crippen LogP contribution in [0.2, 0.25) is 0 Å². The third-order valence-corrected chi connectivity index (χ3v) is 7.35. The quantitative estimate of drug-likeness (QED) is 0.715. The van der Waals surface area contributed by atoms with Gasteiger partial charge in [-0.2, -0.15) is 0 Å². The van der Waals surface area contributed by atoms with E-state index in [1.807, 2.05) is 22.8 Å². The van der Waals surface area contributed by atoms with Crippen molar-refractivity contribution in [3.63, 3.8) is 0 Å². The number of carbonyl (C=O) groups excluding carboxylic acids is 2. The van der Waals surface area contributed by atoms with Gasteiger partial charge in [0.2, 0.25) is 5.43 Å². The lowest BCUT2D eigenvalue weighted by Gasteiger charge is -2.36. The average molecular weight is 463 g/mol. The second-order valence-electron chi connectivity index (χ2n) is 9.98. The Morgan fingerprint density at radius 2 is 1.53 bits per heavy atom. The molecule has 1 aromatic carbocycles. The molecule has 0 spiro atoms.